The Balaban J connectivity index is 1.81. The summed E-state index contributed by atoms with van der Waals surface area (Å²) in [5.74, 6) is 0.294. The van der Waals surface area contributed by atoms with Crippen LogP contribution in [0.4, 0.5) is 4.39 Å². The van der Waals surface area contributed by atoms with E-state index in [-0.39, 0.29) is 0 Å². The third-order valence-electron chi connectivity index (χ3n) is 4.52. The summed E-state index contributed by atoms with van der Waals surface area (Å²) in [7, 11) is 0. The monoisotopic (exact) mass is 339 g/mol. The normalized spacial score (nSPS) is 21.7. The lowest BCUT2D eigenvalue weighted by Gasteiger charge is -2.19. The van der Waals surface area contributed by atoms with Crippen LogP contribution >= 0.6 is 0 Å². The van der Waals surface area contributed by atoms with Gasteiger partial charge in [-0.2, -0.15) is 0 Å². The quantitative estimate of drug-likeness (QED) is 0.773. The lowest BCUT2D eigenvalue weighted by Crippen LogP contribution is -2.15. The van der Waals surface area contributed by atoms with E-state index in [4.69, 9.17) is 4.42 Å². The Morgan fingerprint density at radius 1 is 1.48 bits per heavy atom. The van der Waals surface area contributed by atoms with E-state index in [0.29, 0.717) is 17.9 Å². The third kappa shape index (κ3) is 3.95. The molecule has 2 heterocycles. The molecule has 2 aromatic rings. The topological polar surface area (TPSA) is 43.1 Å². The molecule has 0 amide bonds. The van der Waals surface area contributed by atoms with Gasteiger partial charge in [-0.15, -0.1) is 0 Å². The maximum Gasteiger partial charge on any atom is 0.362 e. The number of alkyl halides is 1. The summed E-state index contributed by atoms with van der Waals surface area (Å²) in [5, 5.41) is 0.796. The molecule has 1 aliphatic carbocycles. The molecule has 2 unspecified atom stereocenters. The third-order valence-corrected chi connectivity index (χ3v) is 4.52. The molecule has 4 heteroatoms. The standard InChI is InChI=1S/C21H22FNO2/c1-14(12-16-6-9-21(3,22)10-7-16)4-5-17-15(2)13-23-19-18(17)8-11-25-20(19)24/h4-9,11,13-14H,10,12H2,1-3H3/b5-4-. The van der Waals surface area contributed by atoms with Gasteiger partial charge >= 0.3 is 5.63 Å². The van der Waals surface area contributed by atoms with Crippen LogP contribution < -0.4 is 5.63 Å². The predicted molar refractivity (Wildman–Crippen MR) is 99.2 cm³/mol. The molecule has 2 atom stereocenters. The van der Waals surface area contributed by atoms with Crippen LogP contribution in [0.25, 0.3) is 17.0 Å². The first-order valence-corrected chi connectivity index (χ1v) is 8.48. The number of pyridine rings is 1. The first-order chi connectivity index (χ1) is 11.9. The minimum absolute atomic E-state index is 0.294. The Hall–Kier alpha value is -2.49. The average Bonchev–Trinajstić information content (AvgIpc) is 2.56. The molecule has 0 bridgehead atoms. The SMILES string of the molecule is Cc1cnc2c(=O)occc2c1/C=C\C(C)CC1=CCC(C)(F)C=C1. The molecule has 25 heavy (non-hydrogen) atoms. The Morgan fingerprint density at radius 3 is 3.00 bits per heavy atom. The highest BCUT2D eigenvalue weighted by atomic mass is 19.1. The van der Waals surface area contributed by atoms with Gasteiger partial charge in [0.1, 0.15) is 5.67 Å². The van der Waals surface area contributed by atoms with Crippen LogP contribution in [-0.4, -0.2) is 10.7 Å². The van der Waals surface area contributed by atoms with Gasteiger partial charge in [-0.1, -0.05) is 36.8 Å². The van der Waals surface area contributed by atoms with Crippen molar-refractivity contribution in [2.75, 3.05) is 0 Å². The Bertz CT molecular complexity index is 935. The predicted octanol–water partition coefficient (Wildman–Crippen LogP) is 5.15. The number of halogens is 1. The van der Waals surface area contributed by atoms with Gasteiger partial charge < -0.3 is 4.42 Å². The van der Waals surface area contributed by atoms with Crippen molar-refractivity contribution in [3.05, 3.63) is 70.0 Å². The van der Waals surface area contributed by atoms with E-state index in [2.05, 4.69) is 18.0 Å². The molecule has 0 aliphatic heterocycles. The molecule has 0 aromatic carbocycles. The lowest BCUT2D eigenvalue weighted by molar-refractivity contribution is 0.258. The van der Waals surface area contributed by atoms with Gasteiger partial charge in [0, 0.05) is 18.0 Å². The van der Waals surface area contributed by atoms with Crippen molar-refractivity contribution >= 4 is 17.0 Å². The molecule has 0 radical (unpaired) electrons. The summed E-state index contributed by atoms with van der Waals surface area (Å²) in [6, 6.07) is 1.77. The molecule has 2 aromatic heterocycles. The maximum atomic E-state index is 13.8. The van der Waals surface area contributed by atoms with Crippen LogP contribution in [0.5, 0.6) is 0 Å². The maximum absolute atomic E-state index is 13.8. The summed E-state index contributed by atoms with van der Waals surface area (Å²) >= 11 is 0. The van der Waals surface area contributed by atoms with Gasteiger partial charge in [0.05, 0.1) is 6.26 Å². The van der Waals surface area contributed by atoms with Gasteiger partial charge in [-0.3, -0.25) is 0 Å². The van der Waals surface area contributed by atoms with Gasteiger partial charge in [-0.05, 0) is 49.5 Å². The lowest BCUT2D eigenvalue weighted by atomic mass is 9.90. The van der Waals surface area contributed by atoms with Crippen molar-refractivity contribution in [1.82, 2.24) is 4.98 Å². The number of fused-ring (bicyclic) bond motifs is 1. The van der Waals surface area contributed by atoms with Crippen LogP contribution in [0, 0.1) is 12.8 Å². The number of nitrogens with zero attached hydrogens (tertiary/aromatic N) is 1. The summed E-state index contributed by atoms with van der Waals surface area (Å²) in [5.41, 5.74) is 1.84. The number of aromatic nitrogens is 1. The minimum atomic E-state index is -1.23. The van der Waals surface area contributed by atoms with Crippen LogP contribution in [0.3, 0.4) is 0 Å². The summed E-state index contributed by atoms with van der Waals surface area (Å²) < 4.78 is 18.7. The summed E-state index contributed by atoms with van der Waals surface area (Å²) in [6.45, 7) is 5.69. The number of allylic oxidation sites excluding steroid dienone is 5. The fraction of sp³-hybridized carbons (Fsp3) is 0.333. The smallest absolute Gasteiger partial charge is 0.362 e. The minimum Gasteiger partial charge on any atom is -0.430 e. The Labute approximate surface area is 146 Å². The second-order valence-electron chi connectivity index (χ2n) is 6.96. The number of rotatable bonds is 4. The van der Waals surface area contributed by atoms with Crippen LogP contribution in [-0.2, 0) is 0 Å². The molecule has 3 nitrogen and oxygen atoms in total. The largest absolute Gasteiger partial charge is 0.430 e. The van der Waals surface area contributed by atoms with Crippen LogP contribution in [0.15, 0.2) is 57.6 Å². The molecule has 130 valence electrons. The van der Waals surface area contributed by atoms with Gasteiger partial charge in [0.25, 0.3) is 0 Å². The van der Waals surface area contributed by atoms with Gasteiger partial charge in [-0.25, -0.2) is 14.2 Å². The van der Waals surface area contributed by atoms with E-state index in [9.17, 15) is 9.18 Å². The second kappa shape index (κ2) is 6.79. The van der Waals surface area contributed by atoms with Crippen molar-refractivity contribution in [2.45, 2.75) is 39.3 Å². The zero-order valence-electron chi connectivity index (χ0n) is 14.8. The molecular weight excluding hydrogens is 317 g/mol. The highest BCUT2D eigenvalue weighted by Crippen LogP contribution is 2.28. The van der Waals surface area contributed by atoms with E-state index in [1.165, 1.54) is 6.26 Å². The van der Waals surface area contributed by atoms with E-state index < -0.39 is 11.3 Å². The van der Waals surface area contributed by atoms with E-state index in [1.54, 1.807) is 25.3 Å². The number of hydrogen-bond donors (Lipinski definition) is 0. The highest BCUT2D eigenvalue weighted by molar-refractivity contribution is 5.87. The molecule has 0 saturated carbocycles. The Morgan fingerprint density at radius 2 is 2.28 bits per heavy atom. The van der Waals surface area contributed by atoms with Crippen molar-refractivity contribution in [1.29, 1.82) is 0 Å². The first kappa shape index (κ1) is 17.3. The number of aryl methyl sites for hydroxylation is 1. The fourth-order valence-corrected chi connectivity index (χ4v) is 3.01. The summed E-state index contributed by atoms with van der Waals surface area (Å²) in [4.78, 5) is 16.0. The Kier molecular flexibility index (Phi) is 4.71. The van der Waals surface area contributed by atoms with Gasteiger partial charge in [0.2, 0.25) is 0 Å². The zero-order chi connectivity index (χ0) is 18.0. The van der Waals surface area contributed by atoms with Crippen LogP contribution in [0.1, 0.15) is 37.8 Å². The van der Waals surface area contributed by atoms with Crippen molar-refractivity contribution in [3.63, 3.8) is 0 Å². The molecular formula is C21H22FNO2. The van der Waals surface area contributed by atoms with E-state index >= 15 is 0 Å². The fourth-order valence-electron chi connectivity index (χ4n) is 3.01. The van der Waals surface area contributed by atoms with Crippen LogP contribution in [0.2, 0.25) is 0 Å². The van der Waals surface area contributed by atoms with E-state index in [1.807, 2.05) is 25.2 Å². The molecule has 3 rings (SSSR count). The number of hydrogen-bond acceptors (Lipinski definition) is 3. The van der Waals surface area contributed by atoms with Crippen molar-refractivity contribution < 1.29 is 8.81 Å². The molecule has 1 aliphatic rings. The zero-order valence-corrected chi connectivity index (χ0v) is 14.8. The van der Waals surface area contributed by atoms with Crippen molar-refractivity contribution in [2.24, 2.45) is 5.92 Å². The van der Waals surface area contributed by atoms with Crippen molar-refractivity contribution in [3.8, 4) is 0 Å². The molecule has 0 N–H and O–H groups in total. The second-order valence-corrected chi connectivity index (χ2v) is 6.96. The van der Waals surface area contributed by atoms with E-state index in [0.717, 1.165) is 28.5 Å². The first-order valence-electron chi connectivity index (χ1n) is 8.48. The molecule has 0 spiro atoms. The molecule has 0 fully saturated rings. The van der Waals surface area contributed by atoms with Gasteiger partial charge in [0.15, 0.2) is 5.52 Å². The average molecular weight is 339 g/mol. The highest BCUT2D eigenvalue weighted by Gasteiger charge is 2.20. The summed E-state index contributed by atoms with van der Waals surface area (Å²) in [6.07, 6.45) is 14.0. The molecule has 0 saturated heterocycles.